The molecular weight excluding hydrogens is 322 g/mol. The summed E-state index contributed by atoms with van der Waals surface area (Å²) in [7, 11) is 0. The van der Waals surface area contributed by atoms with Crippen LogP contribution in [-0.2, 0) is 4.79 Å². The molecule has 2 amide bonds. The van der Waals surface area contributed by atoms with E-state index in [0.717, 1.165) is 0 Å². The van der Waals surface area contributed by atoms with Gasteiger partial charge in [-0.15, -0.1) is 5.11 Å². The normalized spacial score (nSPS) is 11.9. The molecule has 0 aliphatic heterocycles. The number of benzene rings is 2. The van der Waals surface area contributed by atoms with E-state index in [1.165, 1.54) is 19.1 Å². The van der Waals surface area contributed by atoms with Crippen molar-refractivity contribution in [1.82, 2.24) is 0 Å². The Kier molecular flexibility index (Phi) is 5.47. The highest BCUT2D eigenvalue weighted by Crippen LogP contribution is 2.18. The maximum Gasteiger partial charge on any atom is 0.279 e. The lowest BCUT2D eigenvalue weighted by atomic mass is 10.2. The van der Waals surface area contributed by atoms with Crippen LogP contribution in [0.5, 0.6) is 0 Å². The zero-order valence-corrected chi connectivity index (χ0v) is 13.4. The molecule has 2 aromatic rings. The molecule has 25 heavy (non-hydrogen) atoms. The summed E-state index contributed by atoms with van der Waals surface area (Å²) in [4.78, 5) is 23.4. The summed E-state index contributed by atoms with van der Waals surface area (Å²) in [6.45, 7) is 1.31. The van der Waals surface area contributed by atoms with E-state index < -0.39 is 11.8 Å². The van der Waals surface area contributed by atoms with Crippen LogP contribution >= 0.6 is 0 Å². The van der Waals surface area contributed by atoms with Crippen molar-refractivity contribution in [2.24, 2.45) is 16.0 Å². The van der Waals surface area contributed by atoms with E-state index in [1.54, 1.807) is 36.4 Å². The van der Waals surface area contributed by atoms with Gasteiger partial charge < -0.3 is 21.9 Å². The monoisotopic (exact) mass is 339 g/mol. The average molecular weight is 339 g/mol. The van der Waals surface area contributed by atoms with Gasteiger partial charge in [-0.2, -0.15) is 5.11 Å². The first kappa shape index (κ1) is 17.7. The number of aliphatic hydroxyl groups excluding tert-OH is 1. The third kappa shape index (κ3) is 4.90. The second-order valence-corrected chi connectivity index (χ2v) is 5.13. The Morgan fingerprint density at radius 3 is 2.48 bits per heavy atom. The van der Waals surface area contributed by atoms with Crippen molar-refractivity contribution in [2.45, 2.75) is 6.92 Å². The molecule has 0 unspecified atom stereocenters. The minimum absolute atomic E-state index is 0.256. The van der Waals surface area contributed by atoms with Gasteiger partial charge in [0.05, 0.1) is 5.69 Å². The lowest BCUT2D eigenvalue weighted by Crippen LogP contribution is -2.14. The lowest BCUT2D eigenvalue weighted by Gasteiger charge is -2.06. The van der Waals surface area contributed by atoms with Crippen LogP contribution in [0.25, 0.3) is 0 Å². The summed E-state index contributed by atoms with van der Waals surface area (Å²) in [5.74, 6) is -1.57. The minimum Gasteiger partial charge on any atom is -0.510 e. The van der Waals surface area contributed by atoms with Gasteiger partial charge in [0.2, 0.25) is 5.91 Å². The molecule has 6 N–H and O–H groups in total. The van der Waals surface area contributed by atoms with Gasteiger partial charge in [0.1, 0.15) is 5.76 Å². The fourth-order valence-electron chi connectivity index (χ4n) is 1.92. The number of aliphatic hydroxyl groups is 1. The first-order valence-electron chi connectivity index (χ1n) is 7.25. The van der Waals surface area contributed by atoms with E-state index in [9.17, 15) is 14.7 Å². The zero-order chi connectivity index (χ0) is 18.4. The smallest absolute Gasteiger partial charge is 0.279 e. The molecule has 0 radical (unpaired) electrons. The van der Waals surface area contributed by atoms with Crippen LogP contribution in [0.15, 0.2) is 70.2 Å². The minimum atomic E-state index is -0.652. The predicted molar refractivity (Wildman–Crippen MR) is 94.3 cm³/mol. The standard InChI is InChI=1S/C17H17N5O3/c1-10(23)15(17(25)20-13-6-3-5-12(18)9-13)22-21-14-7-2-4-11(8-14)16(19)24/h2-9,23H,18H2,1H3,(H2,19,24)(H,20,25). The number of rotatable bonds is 5. The van der Waals surface area contributed by atoms with Crippen LogP contribution in [0.4, 0.5) is 17.1 Å². The van der Waals surface area contributed by atoms with Crippen molar-refractivity contribution in [3.63, 3.8) is 0 Å². The van der Waals surface area contributed by atoms with E-state index in [2.05, 4.69) is 15.5 Å². The zero-order valence-electron chi connectivity index (χ0n) is 13.4. The van der Waals surface area contributed by atoms with E-state index in [-0.39, 0.29) is 17.0 Å². The van der Waals surface area contributed by atoms with Gasteiger partial charge in [-0.05, 0) is 43.3 Å². The highest BCUT2D eigenvalue weighted by atomic mass is 16.3. The molecule has 0 saturated carbocycles. The van der Waals surface area contributed by atoms with Crippen LogP contribution in [0.2, 0.25) is 0 Å². The number of hydrogen-bond donors (Lipinski definition) is 4. The summed E-state index contributed by atoms with van der Waals surface area (Å²) in [6, 6.07) is 12.7. The van der Waals surface area contributed by atoms with Crippen LogP contribution < -0.4 is 16.8 Å². The van der Waals surface area contributed by atoms with Gasteiger partial charge in [0.25, 0.3) is 5.91 Å². The molecule has 2 rings (SSSR count). The Morgan fingerprint density at radius 1 is 1.12 bits per heavy atom. The summed E-state index contributed by atoms with van der Waals surface area (Å²) in [6.07, 6.45) is 0. The Hall–Kier alpha value is -3.68. The van der Waals surface area contributed by atoms with Crippen LogP contribution in [0.3, 0.4) is 0 Å². The Morgan fingerprint density at radius 2 is 1.84 bits per heavy atom. The van der Waals surface area contributed by atoms with Crippen LogP contribution in [-0.4, -0.2) is 16.9 Å². The SMILES string of the molecule is CC(O)=C(N=Nc1cccc(C(N)=O)c1)C(=O)Nc1cccc(N)c1. The van der Waals surface area contributed by atoms with Gasteiger partial charge in [-0.1, -0.05) is 12.1 Å². The van der Waals surface area contributed by atoms with Crippen molar-refractivity contribution < 1.29 is 14.7 Å². The number of allylic oxidation sites excluding steroid dienone is 1. The summed E-state index contributed by atoms with van der Waals surface area (Å²) in [5.41, 5.74) is 12.1. The number of carbonyl (C=O) groups excluding carboxylic acids is 2. The van der Waals surface area contributed by atoms with E-state index in [4.69, 9.17) is 11.5 Å². The molecule has 2 aromatic carbocycles. The fraction of sp³-hybridized carbons (Fsp3) is 0.0588. The number of carbonyl (C=O) groups is 2. The molecule has 0 aliphatic carbocycles. The number of anilines is 2. The number of nitrogen functional groups attached to an aromatic ring is 1. The molecule has 0 heterocycles. The maximum atomic E-state index is 12.3. The van der Waals surface area contributed by atoms with E-state index >= 15 is 0 Å². The largest absolute Gasteiger partial charge is 0.510 e. The Labute approximate surface area is 143 Å². The lowest BCUT2D eigenvalue weighted by molar-refractivity contribution is -0.113. The van der Waals surface area contributed by atoms with Gasteiger partial charge in [-0.3, -0.25) is 9.59 Å². The van der Waals surface area contributed by atoms with Gasteiger partial charge >= 0.3 is 0 Å². The van der Waals surface area contributed by atoms with Crippen molar-refractivity contribution in [3.8, 4) is 0 Å². The summed E-state index contributed by atoms with van der Waals surface area (Å²) < 4.78 is 0. The summed E-state index contributed by atoms with van der Waals surface area (Å²) >= 11 is 0. The molecule has 0 aromatic heterocycles. The number of hydrogen-bond acceptors (Lipinski definition) is 6. The molecule has 0 aliphatic rings. The highest BCUT2D eigenvalue weighted by molar-refractivity contribution is 6.03. The van der Waals surface area contributed by atoms with Crippen molar-refractivity contribution in [3.05, 3.63) is 65.6 Å². The van der Waals surface area contributed by atoms with Crippen molar-refractivity contribution in [2.75, 3.05) is 11.1 Å². The van der Waals surface area contributed by atoms with E-state index in [1.807, 2.05) is 0 Å². The third-order valence-corrected chi connectivity index (χ3v) is 3.10. The second kappa shape index (κ2) is 7.73. The predicted octanol–water partition coefficient (Wildman–Crippen LogP) is 2.88. The Bertz CT molecular complexity index is 870. The van der Waals surface area contributed by atoms with E-state index in [0.29, 0.717) is 17.1 Å². The molecule has 0 spiro atoms. The third-order valence-electron chi connectivity index (χ3n) is 3.10. The molecule has 8 nitrogen and oxygen atoms in total. The van der Waals surface area contributed by atoms with Crippen LogP contribution in [0.1, 0.15) is 17.3 Å². The van der Waals surface area contributed by atoms with Crippen molar-refractivity contribution in [1.29, 1.82) is 0 Å². The van der Waals surface area contributed by atoms with Crippen LogP contribution in [0, 0.1) is 0 Å². The number of azo groups is 1. The summed E-state index contributed by atoms with van der Waals surface area (Å²) in [5, 5.41) is 19.9. The molecule has 0 atom stereocenters. The quantitative estimate of drug-likeness (QED) is 0.287. The highest BCUT2D eigenvalue weighted by Gasteiger charge is 2.13. The Balaban J connectivity index is 2.21. The molecule has 0 bridgehead atoms. The van der Waals surface area contributed by atoms with Crippen molar-refractivity contribution >= 4 is 28.9 Å². The van der Waals surface area contributed by atoms with Gasteiger partial charge in [0.15, 0.2) is 5.70 Å². The van der Waals surface area contributed by atoms with Gasteiger partial charge in [-0.25, -0.2) is 0 Å². The number of nitrogens with one attached hydrogen (secondary N) is 1. The number of nitrogens with zero attached hydrogens (tertiary/aromatic N) is 2. The fourth-order valence-corrected chi connectivity index (χ4v) is 1.92. The van der Waals surface area contributed by atoms with Gasteiger partial charge in [0, 0.05) is 16.9 Å². The average Bonchev–Trinajstić information content (AvgIpc) is 2.55. The molecule has 128 valence electrons. The molecular formula is C17H17N5O3. The maximum absolute atomic E-state index is 12.3. The molecule has 8 heteroatoms. The second-order valence-electron chi connectivity index (χ2n) is 5.13. The number of nitrogens with two attached hydrogens (primary N) is 2. The molecule has 0 saturated heterocycles. The number of primary amides is 1. The first-order chi connectivity index (χ1) is 11.9. The number of amides is 2. The topological polar surface area (TPSA) is 143 Å². The molecule has 0 fully saturated rings. The first-order valence-corrected chi connectivity index (χ1v) is 7.25.